The topological polar surface area (TPSA) is 80.9 Å². The van der Waals surface area contributed by atoms with Crippen LogP contribution in [0.25, 0.3) is 4.85 Å². The predicted octanol–water partition coefficient (Wildman–Crippen LogP) is 5.65. The Morgan fingerprint density at radius 3 is 2.78 bits per heavy atom. The zero-order valence-corrected chi connectivity index (χ0v) is 19.3. The summed E-state index contributed by atoms with van der Waals surface area (Å²) < 4.78 is 11.9. The fraction of sp³-hybridized carbons (Fsp3) is 0.478. The Kier molecular flexibility index (Phi) is 5.87. The van der Waals surface area contributed by atoms with Crippen LogP contribution >= 0.6 is 11.6 Å². The molecule has 1 aromatic carbocycles. The van der Waals surface area contributed by atoms with Crippen molar-refractivity contribution < 1.29 is 14.3 Å². The highest BCUT2D eigenvalue weighted by molar-refractivity contribution is 6.33. The molecule has 2 aliphatic rings. The zero-order chi connectivity index (χ0) is 23.0. The number of benzene rings is 1. The van der Waals surface area contributed by atoms with Crippen molar-refractivity contribution in [2.75, 3.05) is 5.32 Å². The maximum Gasteiger partial charge on any atom is 0.410 e. The number of halogens is 1. The SMILES string of the molecule is [C-]#[N+]c1ccc(Nc2ncnc(O[C@H]3CC4CCC3N4C(=O)OC(C)(C)C)c2C)c(Cl)c1. The largest absolute Gasteiger partial charge is 0.472 e. The van der Waals surface area contributed by atoms with E-state index in [0.29, 0.717) is 28.1 Å². The predicted molar refractivity (Wildman–Crippen MR) is 122 cm³/mol. The molecule has 2 bridgehead atoms. The van der Waals surface area contributed by atoms with Gasteiger partial charge in [-0.25, -0.2) is 19.6 Å². The van der Waals surface area contributed by atoms with Crippen molar-refractivity contribution in [3.63, 3.8) is 0 Å². The van der Waals surface area contributed by atoms with Crippen LogP contribution < -0.4 is 10.1 Å². The van der Waals surface area contributed by atoms with Gasteiger partial charge in [0.15, 0.2) is 5.69 Å². The van der Waals surface area contributed by atoms with Gasteiger partial charge in [0.05, 0.1) is 28.9 Å². The smallest absolute Gasteiger partial charge is 0.410 e. The van der Waals surface area contributed by atoms with Gasteiger partial charge in [-0.3, -0.25) is 4.90 Å². The molecule has 2 unspecified atom stereocenters. The molecule has 4 rings (SSSR count). The van der Waals surface area contributed by atoms with E-state index in [9.17, 15) is 4.79 Å². The van der Waals surface area contributed by atoms with Crippen LogP contribution in [-0.4, -0.2) is 44.7 Å². The van der Waals surface area contributed by atoms with Gasteiger partial charge in [-0.2, -0.15) is 0 Å². The lowest BCUT2D eigenvalue weighted by molar-refractivity contribution is 0.0180. The number of nitrogens with one attached hydrogen (secondary N) is 1. The van der Waals surface area contributed by atoms with Crippen molar-refractivity contribution >= 4 is 34.9 Å². The van der Waals surface area contributed by atoms with Crippen molar-refractivity contribution in [2.45, 2.75) is 70.7 Å². The molecule has 0 saturated carbocycles. The normalized spacial score (nSPS) is 21.9. The lowest BCUT2D eigenvalue weighted by Crippen LogP contribution is -2.42. The summed E-state index contributed by atoms with van der Waals surface area (Å²) in [5.74, 6) is 1.04. The van der Waals surface area contributed by atoms with Crippen molar-refractivity contribution in [1.29, 1.82) is 0 Å². The van der Waals surface area contributed by atoms with E-state index in [1.165, 1.54) is 6.33 Å². The number of carbonyl (C=O) groups excluding carboxylic acids is 1. The molecule has 3 atom stereocenters. The van der Waals surface area contributed by atoms with E-state index in [1.807, 2.05) is 32.6 Å². The Balaban J connectivity index is 1.49. The molecular weight excluding hydrogens is 430 g/mol. The van der Waals surface area contributed by atoms with Crippen molar-refractivity contribution in [1.82, 2.24) is 14.9 Å². The molecule has 2 saturated heterocycles. The number of carbonyl (C=O) groups is 1. The van der Waals surface area contributed by atoms with E-state index in [1.54, 1.807) is 18.2 Å². The first-order valence-electron chi connectivity index (χ1n) is 10.6. The van der Waals surface area contributed by atoms with E-state index in [4.69, 9.17) is 27.6 Å². The molecule has 2 aliphatic heterocycles. The number of anilines is 2. The van der Waals surface area contributed by atoms with Gasteiger partial charge in [0, 0.05) is 12.5 Å². The third kappa shape index (κ3) is 4.44. The number of amides is 1. The van der Waals surface area contributed by atoms with Crippen LogP contribution in [0.5, 0.6) is 5.88 Å². The van der Waals surface area contributed by atoms with Crippen LogP contribution in [0.3, 0.4) is 0 Å². The summed E-state index contributed by atoms with van der Waals surface area (Å²) in [4.78, 5) is 26.6. The molecule has 3 heterocycles. The highest BCUT2D eigenvalue weighted by Crippen LogP contribution is 2.41. The van der Waals surface area contributed by atoms with Crippen LogP contribution in [-0.2, 0) is 4.74 Å². The van der Waals surface area contributed by atoms with Gasteiger partial charge >= 0.3 is 6.09 Å². The summed E-state index contributed by atoms with van der Waals surface area (Å²) in [6, 6.07) is 5.13. The summed E-state index contributed by atoms with van der Waals surface area (Å²) >= 11 is 6.29. The summed E-state index contributed by atoms with van der Waals surface area (Å²) in [7, 11) is 0. The standard InChI is InChI=1S/C23H26ClN5O3/c1-13-20(28-17-8-6-14(25-5)10-16(17)24)26-12-27-21(13)31-19-11-15-7-9-18(19)29(15)22(30)32-23(2,3)4/h6,8,10,12,15,18-19H,7,9,11H2,1-4H3,(H,26,27,28)/t15?,18?,19-/m0/s1. The lowest BCUT2D eigenvalue weighted by atomic mass is 9.98. The number of rotatable bonds is 4. The maximum atomic E-state index is 12.7. The minimum atomic E-state index is -0.534. The fourth-order valence-corrected chi connectivity index (χ4v) is 4.51. The van der Waals surface area contributed by atoms with Gasteiger partial charge in [-0.05, 0) is 52.7 Å². The maximum absolute atomic E-state index is 12.7. The van der Waals surface area contributed by atoms with Crippen molar-refractivity contribution in [3.8, 4) is 5.88 Å². The molecule has 2 fully saturated rings. The molecule has 1 aromatic heterocycles. The Morgan fingerprint density at radius 2 is 2.09 bits per heavy atom. The van der Waals surface area contributed by atoms with Gasteiger partial charge < -0.3 is 14.8 Å². The van der Waals surface area contributed by atoms with Crippen LogP contribution in [0.15, 0.2) is 24.5 Å². The number of hydrogen-bond donors (Lipinski definition) is 1. The average Bonchev–Trinajstić information content (AvgIpc) is 3.29. The van der Waals surface area contributed by atoms with Crippen LogP contribution in [0.4, 0.5) is 22.0 Å². The molecule has 0 radical (unpaired) electrons. The lowest BCUT2D eigenvalue weighted by Gasteiger charge is -2.28. The van der Waals surface area contributed by atoms with E-state index in [0.717, 1.165) is 24.8 Å². The van der Waals surface area contributed by atoms with Gasteiger partial charge in [-0.1, -0.05) is 17.7 Å². The minimum Gasteiger partial charge on any atom is -0.472 e. The fourth-order valence-electron chi connectivity index (χ4n) is 4.28. The third-order valence-electron chi connectivity index (χ3n) is 5.72. The van der Waals surface area contributed by atoms with Crippen LogP contribution in [0.1, 0.15) is 45.6 Å². The number of ether oxygens (including phenoxy) is 2. The third-order valence-corrected chi connectivity index (χ3v) is 6.03. The summed E-state index contributed by atoms with van der Waals surface area (Å²) in [5.41, 5.74) is 1.31. The van der Waals surface area contributed by atoms with Crippen LogP contribution in [0, 0.1) is 13.5 Å². The first kappa shape index (κ1) is 22.2. The average molecular weight is 456 g/mol. The molecule has 32 heavy (non-hydrogen) atoms. The molecule has 0 spiro atoms. The number of nitrogens with zero attached hydrogens (tertiary/aromatic N) is 4. The van der Waals surface area contributed by atoms with Gasteiger partial charge in [-0.15, -0.1) is 0 Å². The van der Waals surface area contributed by atoms with E-state index in [-0.39, 0.29) is 24.3 Å². The highest BCUT2D eigenvalue weighted by atomic mass is 35.5. The summed E-state index contributed by atoms with van der Waals surface area (Å²) in [6.45, 7) is 14.6. The van der Waals surface area contributed by atoms with E-state index < -0.39 is 5.60 Å². The second-order valence-corrected chi connectivity index (χ2v) is 9.54. The number of fused-ring (bicyclic) bond motifs is 2. The minimum absolute atomic E-state index is 0.0313. The zero-order valence-electron chi connectivity index (χ0n) is 18.6. The molecule has 168 valence electrons. The first-order chi connectivity index (χ1) is 15.2. The second-order valence-electron chi connectivity index (χ2n) is 9.13. The van der Waals surface area contributed by atoms with Crippen LogP contribution in [0.2, 0.25) is 5.02 Å². The Bertz CT molecular complexity index is 1080. The highest BCUT2D eigenvalue weighted by Gasteiger charge is 2.51. The summed E-state index contributed by atoms with van der Waals surface area (Å²) in [6.07, 6.45) is 3.59. The van der Waals surface area contributed by atoms with Crippen molar-refractivity contribution in [3.05, 3.63) is 46.5 Å². The summed E-state index contributed by atoms with van der Waals surface area (Å²) in [5, 5.41) is 3.62. The molecule has 9 heteroatoms. The number of aromatic nitrogens is 2. The van der Waals surface area contributed by atoms with E-state index >= 15 is 0 Å². The quantitative estimate of drug-likeness (QED) is 0.600. The van der Waals surface area contributed by atoms with Gasteiger partial charge in [0.25, 0.3) is 0 Å². The first-order valence-corrected chi connectivity index (χ1v) is 11.0. The Labute approximate surface area is 192 Å². The van der Waals surface area contributed by atoms with Gasteiger partial charge in [0.1, 0.15) is 23.9 Å². The van der Waals surface area contributed by atoms with Crippen molar-refractivity contribution in [2.24, 2.45) is 0 Å². The molecule has 1 N–H and O–H groups in total. The Hall–Kier alpha value is -3.05. The molecule has 0 aliphatic carbocycles. The van der Waals surface area contributed by atoms with E-state index in [2.05, 4.69) is 20.1 Å². The second kappa shape index (κ2) is 8.47. The monoisotopic (exact) mass is 455 g/mol. The molecule has 2 aromatic rings. The molecule has 1 amide bonds. The number of hydrogen-bond acceptors (Lipinski definition) is 6. The molecular formula is C23H26ClN5O3. The molecule has 8 nitrogen and oxygen atoms in total. The Morgan fingerprint density at radius 1 is 1.31 bits per heavy atom. The van der Waals surface area contributed by atoms with Gasteiger partial charge in [0.2, 0.25) is 5.88 Å².